The number of anilines is 2. The third kappa shape index (κ3) is 1.95. The maximum Gasteiger partial charge on any atom is 0.153 e. The van der Waals surface area contributed by atoms with E-state index in [0.717, 1.165) is 16.2 Å². The molecule has 0 unspecified atom stereocenters. The van der Waals surface area contributed by atoms with E-state index in [9.17, 15) is 5.21 Å². The fraction of sp³-hybridized carbons (Fsp3) is 0. The first-order valence-electron chi connectivity index (χ1n) is 6.76. The van der Waals surface area contributed by atoms with Crippen LogP contribution in [0, 0.1) is 0 Å². The number of rotatable bonds is 1. The van der Waals surface area contributed by atoms with Gasteiger partial charge in [0.05, 0.1) is 0 Å². The highest BCUT2D eigenvalue weighted by Gasteiger charge is 2.24. The molecule has 1 aliphatic heterocycles. The van der Waals surface area contributed by atoms with Gasteiger partial charge in [0.15, 0.2) is 11.5 Å². The molecule has 1 aliphatic rings. The smallest absolute Gasteiger partial charge is 0.153 e. The molecule has 0 bridgehead atoms. The Hall–Kier alpha value is -2.78. The van der Waals surface area contributed by atoms with Crippen LogP contribution in [0.2, 0.25) is 0 Å². The van der Waals surface area contributed by atoms with Crippen LogP contribution in [0.25, 0.3) is 11.1 Å². The summed E-state index contributed by atoms with van der Waals surface area (Å²) in [7, 11) is 0. The van der Waals surface area contributed by atoms with E-state index in [-0.39, 0.29) is 0 Å². The number of nitrogens with zero attached hydrogens (tertiary/aromatic N) is 1. The minimum atomic E-state index is 0.537. The maximum absolute atomic E-state index is 12.5. The van der Waals surface area contributed by atoms with E-state index in [1.807, 2.05) is 60.7 Å². The first-order chi connectivity index (χ1) is 10.3. The number of fused-ring (bicyclic) bond motifs is 2. The molecule has 0 spiro atoms. The quantitative estimate of drug-likeness (QED) is 0.629. The summed E-state index contributed by atoms with van der Waals surface area (Å²) in [6, 6.07) is 22.9. The van der Waals surface area contributed by atoms with Crippen LogP contribution in [-0.4, -0.2) is 0 Å². The molecule has 0 saturated heterocycles. The fourth-order valence-electron chi connectivity index (χ4n) is 2.53. The van der Waals surface area contributed by atoms with Crippen LogP contribution in [0.3, 0.4) is 0 Å². The molecule has 3 heteroatoms. The van der Waals surface area contributed by atoms with Crippen molar-refractivity contribution in [2.24, 2.45) is 0 Å². The summed E-state index contributed by atoms with van der Waals surface area (Å²) in [6.07, 6.45) is 0. The van der Waals surface area contributed by atoms with Crippen LogP contribution in [0.5, 0.6) is 11.5 Å². The summed E-state index contributed by atoms with van der Waals surface area (Å²) in [5.74, 6) is 1.18. The van der Waals surface area contributed by atoms with Crippen molar-refractivity contribution in [2.75, 3.05) is 5.06 Å². The minimum Gasteiger partial charge on any atom is -0.453 e. The molecule has 0 amide bonds. The molecule has 0 saturated carbocycles. The molecule has 4 rings (SSSR count). The zero-order valence-corrected chi connectivity index (χ0v) is 11.2. The Morgan fingerprint density at radius 1 is 0.667 bits per heavy atom. The first kappa shape index (κ1) is 12.0. The van der Waals surface area contributed by atoms with Crippen molar-refractivity contribution in [2.45, 2.75) is 0 Å². The maximum atomic E-state index is 12.5. The third-order valence-electron chi connectivity index (χ3n) is 3.59. The van der Waals surface area contributed by atoms with Gasteiger partial charge in [-0.1, -0.05) is 53.7 Å². The largest absolute Gasteiger partial charge is 0.453 e. The fourth-order valence-corrected chi connectivity index (χ4v) is 2.53. The van der Waals surface area contributed by atoms with Gasteiger partial charge in [-0.25, -0.2) is 0 Å². The SMILES string of the molecule is [O]N1c2ccccc2Oc2ccc(-c3ccccc3)cc21. The molecule has 3 aromatic carbocycles. The average Bonchev–Trinajstić information content (AvgIpc) is 2.56. The van der Waals surface area contributed by atoms with Gasteiger partial charge >= 0.3 is 0 Å². The van der Waals surface area contributed by atoms with E-state index in [2.05, 4.69) is 0 Å². The summed E-state index contributed by atoms with van der Waals surface area (Å²) in [6.45, 7) is 0. The molecule has 101 valence electrons. The molecule has 0 aliphatic carbocycles. The molecule has 21 heavy (non-hydrogen) atoms. The van der Waals surface area contributed by atoms with Crippen LogP contribution in [0.4, 0.5) is 11.4 Å². The molecule has 0 aromatic heterocycles. The lowest BCUT2D eigenvalue weighted by atomic mass is 10.0. The molecule has 1 radical (unpaired) electrons. The molecule has 3 nitrogen and oxygen atoms in total. The Morgan fingerprint density at radius 2 is 1.38 bits per heavy atom. The molecular formula is C18H12NO2. The monoisotopic (exact) mass is 274 g/mol. The second-order valence-corrected chi connectivity index (χ2v) is 4.91. The summed E-state index contributed by atoms with van der Waals surface area (Å²) in [5.41, 5.74) is 3.15. The van der Waals surface area contributed by atoms with E-state index in [4.69, 9.17) is 4.74 Å². The van der Waals surface area contributed by atoms with Crippen LogP contribution in [-0.2, 0) is 5.21 Å². The van der Waals surface area contributed by atoms with Gasteiger partial charge in [0, 0.05) is 0 Å². The Bertz CT molecular complexity index is 799. The van der Waals surface area contributed by atoms with Crippen LogP contribution >= 0.6 is 0 Å². The number of benzene rings is 3. The summed E-state index contributed by atoms with van der Waals surface area (Å²) >= 11 is 0. The number of ether oxygens (including phenoxy) is 1. The van der Waals surface area contributed by atoms with Crippen molar-refractivity contribution in [1.82, 2.24) is 0 Å². The molecule has 0 atom stereocenters. The van der Waals surface area contributed by atoms with Gasteiger partial charge in [0.1, 0.15) is 11.4 Å². The Labute approximate surface area is 122 Å². The van der Waals surface area contributed by atoms with E-state index in [1.54, 1.807) is 12.1 Å². The van der Waals surface area contributed by atoms with Gasteiger partial charge in [0.25, 0.3) is 0 Å². The van der Waals surface area contributed by atoms with E-state index in [0.29, 0.717) is 22.9 Å². The minimum absolute atomic E-state index is 0.537. The zero-order chi connectivity index (χ0) is 14.2. The van der Waals surface area contributed by atoms with Crippen molar-refractivity contribution in [3.63, 3.8) is 0 Å². The molecule has 1 heterocycles. The van der Waals surface area contributed by atoms with Crippen molar-refractivity contribution < 1.29 is 9.94 Å². The first-order valence-corrected chi connectivity index (χ1v) is 6.76. The van der Waals surface area contributed by atoms with Crippen LogP contribution in [0.15, 0.2) is 72.8 Å². The second-order valence-electron chi connectivity index (χ2n) is 4.91. The topological polar surface area (TPSA) is 32.4 Å². The standard InChI is InChI=1S/C18H12NO2/c20-19-15-8-4-5-9-17(15)21-18-11-10-14(12-16(18)19)13-6-2-1-3-7-13/h1-12H. The van der Waals surface area contributed by atoms with Crippen molar-refractivity contribution in [1.29, 1.82) is 0 Å². The van der Waals surface area contributed by atoms with Crippen LogP contribution in [0.1, 0.15) is 0 Å². The van der Waals surface area contributed by atoms with E-state index in [1.165, 1.54) is 0 Å². The normalized spacial score (nSPS) is 12.3. The third-order valence-corrected chi connectivity index (χ3v) is 3.59. The highest BCUT2D eigenvalue weighted by atomic mass is 16.5. The lowest BCUT2D eigenvalue weighted by Gasteiger charge is -2.26. The lowest BCUT2D eigenvalue weighted by molar-refractivity contribution is 0.188. The Balaban J connectivity index is 1.83. The lowest BCUT2D eigenvalue weighted by Crippen LogP contribution is -2.14. The highest BCUT2D eigenvalue weighted by molar-refractivity contribution is 5.80. The second kappa shape index (κ2) is 4.65. The predicted octanol–water partition coefficient (Wildman–Crippen LogP) is 4.94. The van der Waals surface area contributed by atoms with Gasteiger partial charge in [-0.15, -0.1) is 0 Å². The van der Waals surface area contributed by atoms with Gasteiger partial charge in [-0.2, -0.15) is 5.06 Å². The average molecular weight is 274 g/mol. The zero-order valence-electron chi connectivity index (χ0n) is 11.2. The van der Waals surface area contributed by atoms with Crippen molar-refractivity contribution in [3.8, 4) is 22.6 Å². The van der Waals surface area contributed by atoms with Gasteiger partial charge < -0.3 is 4.74 Å². The molecule has 0 N–H and O–H groups in total. The highest BCUT2D eigenvalue weighted by Crippen LogP contribution is 2.46. The number of hydrogen-bond donors (Lipinski definition) is 0. The summed E-state index contributed by atoms with van der Waals surface area (Å²) in [4.78, 5) is 0. The Kier molecular flexibility index (Phi) is 2.66. The number of para-hydroxylation sites is 2. The van der Waals surface area contributed by atoms with E-state index < -0.39 is 0 Å². The predicted molar refractivity (Wildman–Crippen MR) is 81.2 cm³/mol. The van der Waals surface area contributed by atoms with Gasteiger partial charge in [-0.3, -0.25) is 0 Å². The molecule has 0 fully saturated rings. The van der Waals surface area contributed by atoms with Crippen molar-refractivity contribution >= 4 is 11.4 Å². The summed E-state index contributed by atoms with van der Waals surface area (Å²) < 4.78 is 5.80. The molecule has 3 aromatic rings. The number of hydrogen-bond acceptors (Lipinski definition) is 2. The van der Waals surface area contributed by atoms with Crippen LogP contribution < -0.4 is 9.80 Å². The van der Waals surface area contributed by atoms with Crippen molar-refractivity contribution in [3.05, 3.63) is 72.8 Å². The molecular weight excluding hydrogens is 262 g/mol. The Morgan fingerprint density at radius 3 is 2.24 bits per heavy atom. The van der Waals surface area contributed by atoms with Gasteiger partial charge in [-0.05, 0) is 35.4 Å². The van der Waals surface area contributed by atoms with E-state index >= 15 is 0 Å². The summed E-state index contributed by atoms with van der Waals surface area (Å²) in [5, 5.41) is 13.5. The van der Waals surface area contributed by atoms with Gasteiger partial charge in [0.2, 0.25) is 0 Å².